The number of pyridine rings is 1. The quantitative estimate of drug-likeness (QED) is 0.821. The van der Waals surface area contributed by atoms with Crippen LogP contribution in [0.5, 0.6) is 0 Å². The maximum atomic E-state index is 8.80. The van der Waals surface area contributed by atoms with Gasteiger partial charge in [0, 0.05) is 12.2 Å². The van der Waals surface area contributed by atoms with Gasteiger partial charge in [0.15, 0.2) is 0 Å². The third-order valence-corrected chi connectivity index (χ3v) is 3.05. The summed E-state index contributed by atoms with van der Waals surface area (Å²) in [5.74, 6) is 1.74. The minimum absolute atomic E-state index is 0.494. The first kappa shape index (κ1) is 10.9. The molecule has 2 rings (SSSR count). The molecule has 0 radical (unpaired) electrons. The Balaban J connectivity index is 1.97. The molecule has 0 spiro atoms. The maximum absolute atomic E-state index is 8.80. The zero-order chi connectivity index (χ0) is 11.4. The van der Waals surface area contributed by atoms with Gasteiger partial charge in [0.2, 0.25) is 0 Å². The van der Waals surface area contributed by atoms with Crippen LogP contribution in [0.4, 0.5) is 5.82 Å². The molecule has 1 N–H and O–H groups in total. The second-order valence-corrected chi connectivity index (χ2v) is 4.47. The molecule has 1 heterocycles. The molecule has 1 aliphatic rings. The Morgan fingerprint density at radius 2 is 2.44 bits per heavy atom. The molecule has 16 heavy (non-hydrogen) atoms. The average molecular weight is 215 g/mol. The molecule has 3 nitrogen and oxygen atoms in total. The van der Waals surface area contributed by atoms with Gasteiger partial charge in [0.25, 0.3) is 0 Å². The lowest BCUT2D eigenvalue weighted by Gasteiger charge is -2.17. The van der Waals surface area contributed by atoms with Crippen LogP contribution in [-0.2, 0) is 0 Å². The van der Waals surface area contributed by atoms with Crippen LogP contribution in [0.15, 0.2) is 18.3 Å². The van der Waals surface area contributed by atoms with E-state index in [0.717, 1.165) is 18.2 Å². The highest BCUT2D eigenvalue weighted by Gasteiger charge is 2.24. The Bertz CT molecular complexity index is 390. The van der Waals surface area contributed by atoms with Gasteiger partial charge in [0.05, 0.1) is 11.6 Å². The van der Waals surface area contributed by atoms with E-state index in [2.05, 4.69) is 23.3 Å². The van der Waals surface area contributed by atoms with Crippen molar-refractivity contribution in [3.63, 3.8) is 0 Å². The van der Waals surface area contributed by atoms with Crippen molar-refractivity contribution in [2.75, 3.05) is 5.32 Å². The topological polar surface area (TPSA) is 48.7 Å². The number of aromatic nitrogens is 1. The molecule has 1 aromatic heterocycles. The van der Waals surface area contributed by atoms with Gasteiger partial charge in [-0.2, -0.15) is 5.26 Å². The van der Waals surface area contributed by atoms with Crippen LogP contribution in [0.25, 0.3) is 0 Å². The highest BCUT2D eigenvalue weighted by Crippen LogP contribution is 2.34. The molecule has 1 unspecified atom stereocenters. The van der Waals surface area contributed by atoms with Gasteiger partial charge in [-0.25, -0.2) is 4.98 Å². The maximum Gasteiger partial charge on any atom is 0.127 e. The van der Waals surface area contributed by atoms with Gasteiger partial charge in [-0.05, 0) is 30.9 Å². The highest BCUT2D eigenvalue weighted by atomic mass is 15.0. The Morgan fingerprint density at radius 3 is 3.06 bits per heavy atom. The molecular weight excluding hydrogens is 198 g/mol. The van der Waals surface area contributed by atoms with Crippen molar-refractivity contribution in [2.24, 2.45) is 5.92 Å². The molecule has 1 aromatic rings. The number of anilines is 1. The predicted molar refractivity (Wildman–Crippen MR) is 64.0 cm³/mol. The lowest BCUT2D eigenvalue weighted by Crippen LogP contribution is -2.19. The third-order valence-electron chi connectivity index (χ3n) is 3.05. The first-order valence-electron chi connectivity index (χ1n) is 5.94. The summed E-state index contributed by atoms with van der Waals surface area (Å²) < 4.78 is 0. The van der Waals surface area contributed by atoms with Crippen molar-refractivity contribution in [3.05, 3.63) is 23.9 Å². The van der Waals surface area contributed by atoms with Gasteiger partial charge in [-0.3, -0.25) is 0 Å². The minimum atomic E-state index is 0.494. The average Bonchev–Trinajstić information content (AvgIpc) is 3.12. The SMILES string of the molecule is CCC(CC1CC1)Nc1cc(C#N)ccn1. The van der Waals surface area contributed by atoms with Crippen LogP contribution < -0.4 is 5.32 Å². The van der Waals surface area contributed by atoms with Crippen LogP contribution in [0.3, 0.4) is 0 Å². The number of rotatable bonds is 5. The summed E-state index contributed by atoms with van der Waals surface area (Å²) in [4.78, 5) is 4.24. The van der Waals surface area contributed by atoms with Gasteiger partial charge >= 0.3 is 0 Å². The number of nitrogens with zero attached hydrogens (tertiary/aromatic N) is 2. The fourth-order valence-electron chi connectivity index (χ4n) is 1.87. The van der Waals surface area contributed by atoms with Crippen molar-refractivity contribution in [1.29, 1.82) is 5.26 Å². The predicted octanol–water partition coefficient (Wildman–Crippen LogP) is 2.94. The monoisotopic (exact) mass is 215 g/mol. The van der Waals surface area contributed by atoms with E-state index in [1.165, 1.54) is 19.3 Å². The molecule has 3 heteroatoms. The Kier molecular flexibility index (Phi) is 3.40. The molecule has 0 aromatic carbocycles. The first-order chi connectivity index (χ1) is 7.81. The molecule has 84 valence electrons. The summed E-state index contributed by atoms with van der Waals surface area (Å²) in [7, 11) is 0. The molecule has 0 amide bonds. The standard InChI is InChI=1S/C13H17N3/c1-2-12(7-10-3-4-10)16-13-8-11(9-14)5-6-15-13/h5-6,8,10,12H,2-4,7H2,1H3,(H,15,16). The van der Waals surface area contributed by atoms with E-state index in [1.807, 2.05) is 6.07 Å². The lowest BCUT2D eigenvalue weighted by atomic mass is 10.1. The summed E-state index contributed by atoms with van der Waals surface area (Å²) in [6.07, 6.45) is 6.78. The molecular formula is C13H17N3. The molecule has 1 fully saturated rings. The minimum Gasteiger partial charge on any atom is -0.367 e. The van der Waals surface area contributed by atoms with Crippen LogP contribution in [-0.4, -0.2) is 11.0 Å². The van der Waals surface area contributed by atoms with Crippen molar-refractivity contribution < 1.29 is 0 Å². The van der Waals surface area contributed by atoms with E-state index in [4.69, 9.17) is 5.26 Å². The third kappa shape index (κ3) is 2.96. The van der Waals surface area contributed by atoms with Crippen molar-refractivity contribution >= 4 is 5.82 Å². The van der Waals surface area contributed by atoms with Gasteiger partial charge in [-0.15, -0.1) is 0 Å². The van der Waals surface area contributed by atoms with Crippen LogP contribution in [0.2, 0.25) is 0 Å². The van der Waals surface area contributed by atoms with Crippen molar-refractivity contribution in [2.45, 2.75) is 38.6 Å². The molecule has 0 saturated heterocycles. The second-order valence-electron chi connectivity index (χ2n) is 4.47. The zero-order valence-corrected chi connectivity index (χ0v) is 9.61. The fourth-order valence-corrected chi connectivity index (χ4v) is 1.87. The van der Waals surface area contributed by atoms with Crippen molar-refractivity contribution in [3.8, 4) is 6.07 Å². The fraction of sp³-hybridized carbons (Fsp3) is 0.538. The summed E-state index contributed by atoms with van der Waals surface area (Å²) >= 11 is 0. The Hall–Kier alpha value is -1.56. The van der Waals surface area contributed by atoms with E-state index in [0.29, 0.717) is 11.6 Å². The highest BCUT2D eigenvalue weighted by molar-refractivity contribution is 5.43. The summed E-state index contributed by atoms with van der Waals surface area (Å²) in [5, 5.41) is 12.2. The Labute approximate surface area is 96.5 Å². The van der Waals surface area contributed by atoms with Crippen LogP contribution >= 0.6 is 0 Å². The number of nitrogens with one attached hydrogen (secondary N) is 1. The Morgan fingerprint density at radius 1 is 1.62 bits per heavy atom. The summed E-state index contributed by atoms with van der Waals surface area (Å²) in [6.45, 7) is 2.19. The normalized spacial score (nSPS) is 16.5. The van der Waals surface area contributed by atoms with Crippen LogP contribution in [0, 0.1) is 17.2 Å². The van der Waals surface area contributed by atoms with Crippen LogP contribution in [0.1, 0.15) is 38.2 Å². The zero-order valence-electron chi connectivity index (χ0n) is 9.61. The lowest BCUT2D eigenvalue weighted by molar-refractivity contribution is 0.585. The van der Waals surface area contributed by atoms with Gasteiger partial charge in [0.1, 0.15) is 5.82 Å². The number of hydrogen-bond donors (Lipinski definition) is 1. The van der Waals surface area contributed by atoms with Gasteiger partial charge in [-0.1, -0.05) is 19.8 Å². The summed E-state index contributed by atoms with van der Waals surface area (Å²) in [6, 6.07) is 6.17. The van der Waals surface area contributed by atoms with E-state index in [9.17, 15) is 0 Å². The molecule has 1 saturated carbocycles. The largest absolute Gasteiger partial charge is 0.367 e. The van der Waals surface area contributed by atoms with E-state index in [-0.39, 0.29) is 0 Å². The van der Waals surface area contributed by atoms with E-state index < -0.39 is 0 Å². The van der Waals surface area contributed by atoms with Crippen molar-refractivity contribution in [1.82, 2.24) is 4.98 Å². The van der Waals surface area contributed by atoms with Gasteiger partial charge < -0.3 is 5.32 Å². The first-order valence-corrected chi connectivity index (χ1v) is 5.94. The smallest absolute Gasteiger partial charge is 0.127 e. The van der Waals surface area contributed by atoms with E-state index in [1.54, 1.807) is 12.3 Å². The molecule has 0 aliphatic heterocycles. The number of nitriles is 1. The molecule has 0 bridgehead atoms. The second kappa shape index (κ2) is 4.98. The summed E-state index contributed by atoms with van der Waals surface area (Å²) in [5.41, 5.74) is 0.666. The molecule has 1 atom stereocenters. The van der Waals surface area contributed by atoms with E-state index >= 15 is 0 Å². The molecule has 1 aliphatic carbocycles. The number of hydrogen-bond acceptors (Lipinski definition) is 3.